The fraction of sp³-hybridized carbons (Fsp3) is 0.154. The van der Waals surface area contributed by atoms with Gasteiger partial charge in [-0.2, -0.15) is 0 Å². The molecule has 16 heavy (non-hydrogen) atoms. The molecule has 0 unspecified atom stereocenters. The molecule has 0 radical (unpaired) electrons. The molecule has 0 spiro atoms. The number of ketones is 1. The summed E-state index contributed by atoms with van der Waals surface area (Å²) < 4.78 is 18.1. The van der Waals surface area contributed by atoms with Crippen molar-refractivity contribution < 1.29 is 13.6 Å². The molecule has 0 N–H and O–H groups in total. The van der Waals surface area contributed by atoms with E-state index in [0.29, 0.717) is 11.5 Å². The molecular weight excluding hydrogens is 207 g/mol. The summed E-state index contributed by atoms with van der Waals surface area (Å²) in [5.74, 6) is 0.599. The summed E-state index contributed by atoms with van der Waals surface area (Å²) in [5.41, 5.74) is 1.67. The van der Waals surface area contributed by atoms with Gasteiger partial charge in [-0.3, -0.25) is 4.79 Å². The molecule has 82 valence electrons. The third kappa shape index (κ3) is 1.89. The topological polar surface area (TPSA) is 30.2 Å². The number of carbonyl (C=O) groups is 1. The molecule has 0 aliphatic heterocycles. The summed E-state index contributed by atoms with van der Waals surface area (Å²) >= 11 is 0. The zero-order valence-electron chi connectivity index (χ0n) is 9.08. The Morgan fingerprint density at radius 1 is 1.25 bits per heavy atom. The van der Waals surface area contributed by atoms with Gasteiger partial charge in [0.2, 0.25) is 0 Å². The summed E-state index contributed by atoms with van der Waals surface area (Å²) in [6.45, 7) is 3.23. The summed E-state index contributed by atoms with van der Waals surface area (Å²) in [6.07, 6.45) is 0. The Hall–Kier alpha value is -1.90. The van der Waals surface area contributed by atoms with Crippen molar-refractivity contribution in [2.75, 3.05) is 0 Å². The lowest BCUT2D eigenvalue weighted by Gasteiger charge is -1.97. The first kappa shape index (κ1) is 10.6. The Labute approximate surface area is 92.7 Å². The molecule has 0 fully saturated rings. The Balaban J connectivity index is 2.47. The van der Waals surface area contributed by atoms with Crippen LogP contribution in [0.4, 0.5) is 4.39 Å². The monoisotopic (exact) mass is 218 g/mol. The molecule has 0 bridgehead atoms. The van der Waals surface area contributed by atoms with Crippen LogP contribution in [0.25, 0.3) is 11.1 Å². The van der Waals surface area contributed by atoms with E-state index in [1.54, 1.807) is 25.1 Å². The smallest absolute Gasteiger partial charge is 0.194 e. The molecule has 2 rings (SSSR count). The highest BCUT2D eigenvalue weighted by Gasteiger charge is 2.12. The van der Waals surface area contributed by atoms with Crippen molar-refractivity contribution in [2.45, 2.75) is 13.8 Å². The van der Waals surface area contributed by atoms with Gasteiger partial charge in [-0.05, 0) is 30.7 Å². The van der Waals surface area contributed by atoms with Crippen LogP contribution in [-0.4, -0.2) is 5.78 Å². The van der Waals surface area contributed by atoms with Gasteiger partial charge in [0, 0.05) is 12.5 Å². The predicted octanol–water partition coefficient (Wildman–Crippen LogP) is 3.60. The van der Waals surface area contributed by atoms with Crippen molar-refractivity contribution in [3.05, 3.63) is 47.7 Å². The molecular formula is C13H11FO2. The second-order valence-corrected chi connectivity index (χ2v) is 3.64. The Morgan fingerprint density at radius 2 is 1.88 bits per heavy atom. The van der Waals surface area contributed by atoms with Crippen molar-refractivity contribution in [1.29, 1.82) is 0 Å². The quantitative estimate of drug-likeness (QED) is 0.721. The first-order chi connectivity index (χ1) is 7.58. The number of hydrogen-bond acceptors (Lipinski definition) is 2. The van der Waals surface area contributed by atoms with Crippen LogP contribution >= 0.6 is 0 Å². The van der Waals surface area contributed by atoms with Gasteiger partial charge < -0.3 is 4.42 Å². The average molecular weight is 218 g/mol. The van der Waals surface area contributed by atoms with Gasteiger partial charge in [0.05, 0.1) is 0 Å². The second-order valence-electron chi connectivity index (χ2n) is 3.64. The zero-order valence-corrected chi connectivity index (χ0v) is 9.08. The number of carbonyl (C=O) groups excluding carboxylic acids is 1. The molecule has 0 saturated heterocycles. The van der Waals surface area contributed by atoms with Crippen LogP contribution in [0.15, 0.2) is 34.7 Å². The predicted molar refractivity (Wildman–Crippen MR) is 58.8 cm³/mol. The molecule has 1 aromatic heterocycles. The van der Waals surface area contributed by atoms with E-state index in [1.807, 2.05) is 0 Å². The molecule has 1 heterocycles. The molecule has 0 amide bonds. The molecule has 0 aliphatic rings. The van der Waals surface area contributed by atoms with Crippen LogP contribution < -0.4 is 0 Å². The number of furan rings is 1. The Morgan fingerprint density at radius 3 is 2.38 bits per heavy atom. The van der Waals surface area contributed by atoms with Crippen LogP contribution in [0.2, 0.25) is 0 Å². The lowest BCUT2D eigenvalue weighted by molar-refractivity contribution is 0.0986. The van der Waals surface area contributed by atoms with Crippen LogP contribution in [0.5, 0.6) is 0 Å². The van der Waals surface area contributed by atoms with E-state index < -0.39 is 0 Å². The van der Waals surface area contributed by atoms with E-state index in [0.717, 1.165) is 11.1 Å². The highest BCUT2D eigenvalue weighted by molar-refractivity contribution is 5.93. The molecule has 0 atom stereocenters. The third-order valence-corrected chi connectivity index (χ3v) is 2.42. The fourth-order valence-electron chi connectivity index (χ4n) is 1.57. The van der Waals surface area contributed by atoms with Crippen molar-refractivity contribution in [2.24, 2.45) is 0 Å². The normalized spacial score (nSPS) is 10.4. The van der Waals surface area contributed by atoms with Crippen molar-refractivity contribution in [3.8, 4) is 11.1 Å². The van der Waals surface area contributed by atoms with Gasteiger partial charge in [0.1, 0.15) is 11.6 Å². The van der Waals surface area contributed by atoms with Crippen LogP contribution in [0, 0.1) is 12.7 Å². The summed E-state index contributed by atoms with van der Waals surface area (Å²) in [4.78, 5) is 11.1. The largest absolute Gasteiger partial charge is 0.458 e. The maximum atomic E-state index is 12.8. The van der Waals surface area contributed by atoms with Gasteiger partial charge in [-0.1, -0.05) is 12.1 Å². The highest BCUT2D eigenvalue weighted by Crippen LogP contribution is 2.27. The van der Waals surface area contributed by atoms with Gasteiger partial charge in [-0.25, -0.2) is 4.39 Å². The van der Waals surface area contributed by atoms with Gasteiger partial charge in [-0.15, -0.1) is 0 Å². The molecule has 2 aromatic rings. The minimum atomic E-state index is -0.281. The third-order valence-electron chi connectivity index (χ3n) is 2.42. The molecule has 0 aliphatic carbocycles. The minimum Gasteiger partial charge on any atom is -0.458 e. The van der Waals surface area contributed by atoms with Crippen molar-refractivity contribution >= 4 is 5.78 Å². The minimum absolute atomic E-state index is 0.114. The molecule has 0 saturated carbocycles. The number of benzene rings is 1. The summed E-state index contributed by atoms with van der Waals surface area (Å²) in [6, 6.07) is 7.78. The SMILES string of the molecule is CC(=O)c1cc(-c2ccc(F)cc2)c(C)o1. The van der Waals surface area contributed by atoms with E-state index >= 15 is 0 Å². The molecule has 2 nitrogen and oxygen atoms in total. The standard InChI is InChI=1S/C13H11FO2/c1-8(15)13-7-12(9(2)16-13)10-3-5-11(14)6-4-10/h3-7H,1-2H3. The van der Waals surface area contributed by atoms with Crippen molar-refractivity contribution in [3.63, 3.8) is 0 Å². The summed E-state index contributed by atoms with van der Waals surface area (Å²) in [5, 5.41) is 0. The number of aryl methyl sites for hydroxylation is 1. The lowest BCUT2D eigenvalue weighted by atomic mass is 10.1. The van der Waals surface area contributed by atoms with Crippen LogP contribution in [0.1, 0.15) is 23.2 Å². The van der Waals surface area contributed by atoms with Gasteiger partial charge in [0.15, 0.2) is 11.5 Å². The van der Waals surface area contributed by atoms with E-state index in [2.05, 4.69) is 0 Å². The first-order valence-electron chi connectivity index (χ1n) is 4.95. The van der Waals surface area contributed by atoms with Crippen LogP contribution in [-0.2, 0) is 0 Å². The maximum Gasteiger partial charge on any atom is 0.194 e. The van der Waals surface area contributed by atoms with Gasteiger partial charge >= 0.3 is 0 Å². The second kappa shape index (κ2) is 3.93. The fourth-order valence-corrected chi connectivity index (χ4v) is 1.57. The van der Waals surface area contributed by atoms with E-state index in [4.69, 9.17) is 4.42 Å². The Kier molecular flexibility index (Phi) is 2.60. The number of rotatable bonds is 2. The van der Waals surface area contributed by atoms with Gasteiger partial charge in [0.25, 0.3) is 0 Å². The summed E-state index contributed by atoms with van der Waals surface area (Å²) in [7, 11) is 0. The van der Waals surface area contributed by atoms with Crippen molar-refractivity contribution in [1.82, 2.24) is 0 Å². The maximum absolute atomic E-state index is 12.8. The van der Waals surface area contributed by atoms with Crippen LogP contribution in [0.3, 0.4) is 0 Å². The number of Topliss-reactive ketones (excluding diaryl/α,β-unsaturated/α-hetero) is 1. The van der Waals surface area contributed by atoms with E-state index in [-0.39, 0.29) is 11.6 Å². The Bertz CT molecular complexity index is 523. The molecule has 1 aromatic carbocycles. The zero-order chi connectivity index (χ0) is 11.7. The lowest BCUT2D eigenvalue weighted by Crippen LogP contribution is -1.86. The number of hydrogen-bond donors (Lipinski definition) is 0. The highest BCUT2D eigenvalue weighted by atomic mass is 19.1. The number of halogens is 1. The average Bonchev–Trinajstić information content (AvgIpc) is 2.62. The molecule has 3 heteroatoms. The first-order valence-corrected chi connectivity index (χ1v) is 4.95. The van der Waals surface area contributed by atoms with E-state index in [1.165, 1.54) is 19.1 Å². The van der Waals surface area contributed by atoms with E-state index in [9.17, 15) is 9.18 Å².